The van der Waals surface area contributed by atoms with Crippen molar-refractivity contribution >= 4 is 17.2 Å². The number of hydrogen-bond donors (Lipinski definition) is 1. The quantitative estimate of drug-likeness (QED) is 0.913. The van der Waals surface area contributed by atoms with Crippen molar-refractivity contribution in [1.82, 2.24) is 15.2 Å². The van der Waals surface area contributed by atoms with Crippen LogP contribution in [0.3, 0.4) is 0 Å². The van der Waals surface area contributed by atoms with Crippen molar-refractivity contribution in [3.63, 3.8) is 0 Å². The Morgan fingerprint density at radius 1 is 1.32 bits per heavy atom. The number of thiazole rings is 1. The summed E-state index contributed by atoms with van der Waals surface area (Å²) in [5.41, 5.74) is 0.967. The predicted molar refractivity (Wildman–Crippen MR) is 93.8 cm³/mol. The molecule has 1 aromatic carbocycles. The zero-order chi connectivity index (χ0) is 17.2. The smallest absolute Gasteiger partial charge is 0.279 e. The highest BCUT2D eigenvalue weighted by atomic mass is 32.1. The molecule has 5 rings (SSSR count). The molecule has 0 spiro atoms. The highest BCUT2D eigenvalue weighted by Crippen LogP contribution is 2.28. The average molecular weight is 354 g/mol. The Hall–Kier alpha value is -2.43. The maximum Gasteiger partial charge on any atom is 0.279 e. The normalized spacial score (nSPS) is 24.5. The minimum atomic E-state index is -0.0358. The molecule has 1 N–H and O–H groups in total. The molecule has 1 atom stereocenters. The van der Waals surface area contributed by atoms with Gasteiger partial charge in [0.1, 0.15) is 11.8 Å². The molecule has 3 saturated heterocycles. The lowest BCUT2D eigenvalue weighted by atomic mass is 9.84. The standard InChI is InChI=1S/C18H18N4O2S/c19-9-14-11-25-18(20-14)24-15-3-1-13(2-4-15)17(23)21-16-10-22-7-5-12(16)6-8-22/h1-4,11-12,16H,5-8,10H2,(H,21,23). The molecule has 0 aliphatic carbocycles. The molecule has 2 aromatic rings. The molecule has 3 aliphatic rings. The van der Waals surface area contributed by atoms with E-state index in [0.717, 1.165) is 19.6 Å². The molecule has 4 heterocycles. The molecule has 6 nitrogen and oxygen atoms in total. The zero-order valence-electron chi connectivity index (χ0n) is 13.6. The van der Waals surface area contributed by atoms with Gasteiger partial charge < -0.3 is 15.0 Å². The molecule has 7 heteroatoms. The molecule has 0 saturated carbocycles. The average Bonchev–Trinajstić information content (AvgIpc) is 3.11. The third-order valence-corrected chi connectivity index (χ3v) is 5.61. The summed E-state index contributed by atoms with van der Waals surface area (Å²) in [5.74, 6) is 1.17. The van der Waals surface area contributed by atoms with Gasteiger partial charge in [0.15, 0.2) is 5.69 Å². The fourth-order valence-electron chi connectivity index (χ4n) is 3.51. The van der Waals surface area contributed by atoms with Crippen LogP contribution in [0.15, 0.2) is 29.6 Å². The van der Waals surface area contributed by atoms with Crippen molar-refractivity contribution < 1.29 is 9.53 Å². The number of carbonyl (C=O) groups is 1. The third-order valence-electron chi connectivity index (χ3n) is 4.89. The number of hydrogen-bond acceptors (Lipinski definition) is 6. The summed E-state index contributed by atoms with van der Waals surface area (Å²) in [7, 11) is 0. The molecule has 1 unspecified atom stereocenters. The number of fused-ring (bicyclic) bond motifs is 3. The first-order valence-corrected chi connectivity index (χ1v) is 9.26. The SMILES string of the molecule is N#Cc1csc(Oc2ccc(C(=O)NC3CN4CCC3CC4)cc2)n1. The zero-order valence-corrected chi connectivity index (χ0v) is 14.5. The Morgan fingerprint density at radius 2 is 2.08 bits per heavy atom. The van der Waals surface area contributed by atoms with Crippen LogP contribution in [0.5, 0.6) is 10.9 Å². The second-order valence-electron chi connectivity index (χ2n) is 6.45. The molecule has 3 aliphatic heterocycles. The molecular formula is C18H18N4O2S. The maximum absolute atomic E-state index is 12.5. The van der Waals surface area contributed by atoms with Gasteiger partial charge in [0, 0.05) is 23.5 Å². The Bertz CT molecular complexity index is 803. The summed E-state index contributed by atoms with van der Waals surface area (Å²) in [6.07, 6.45) is 2.35. The highest BCUT2D eigenvalue weighted by Gasteiger charge is 2.34. The van der Waals surface area contributed by atoms with Gasteiger partial charge in [-0.25, -0.2) is 0 Å². The van der Waals surface area contributed by atoms with E-state index < -0.39 is 0 Å². The van der Waals surface area contributed by atoms with Crippen molar-refractivity contribution in [2.75, 3.05) is 19.6 Å². The molecule has 2 bridgehead atoms. The number of ether oxygens (including phenoxy) is 1. The minimum absolute atomic E-state index is 0.0358. The lowest BCUT2D eigenvalue weighted by Crippen LogP contribution is -2.57. The predicted octanol–water partition coefficient (Wildman–Crippen LogP) is 2.63. The number of nitriles is 1. The van der Waals surface area contributed by atoms with E-state index in [4.69, 9.17) is 10.00 Å². The topological polar surface area (TPSA) is 78.2 Å². The summed E-state index contributed by atoms with van der Waals surface area (Å²) in [6.45, 7) is 3.28. The fraction of sp³-hybridized carbons (Fsp3) is 0.389. The van der Waals surface area contributed by atoms with E-state index in [2.05, 4.69) is 15.2 Å². The van der Waals surface area contributed by atoms with Gasteiger partial charge >= 0.3 is 0 Å². The monoisotopic (exact) mass is 354 g/mol. The van der Waals surface area contributed by atoms with Crippen LogP contribution in [0.25, 0.3) is 0 Å². The van der Waals surface area contributed by atoms with E-state index in [1.807, 2.05) is 6.07 Å². The minimum Gasteiger partial charge on any atom is -0.431 e. The number of benzene rings is 1. The third kappa shape index (κ3) is 3.50. The molecule has 1 amide bonds. The number of rotatable bonds is 4. The number of aromatic nitrogens is 1. The maximum atomic E-state index is 12.5. The highest BCUT2D eigenvalue weighted by molar-refractivity contribution is 7.11. The van der Waals surface area contributed by atoms with Gasteiger partial charge in [0.05, 0.1) is 0 Å². The van der Waals surface area contributed by atoms with Crippen LogP contribution in [0.4, 0.5) is 0 Å². The number of piperidine rings is 3. The van der Waals surface area contributed by atoms with Crippen LogP contribution in [-0.4, -0.2) is 41.5 Å². The number of amides is 1. The summed E-state index contributed by atoms with van der Waals surface area (Å²) >= 11 is 1.27. The molecular weight excluding hydrogens is 336 g/mol. The van der Waals surface area contributed by atoms with Crippen molar-refractivity contribution in [2.45, 2.75) is 18.9 Å². The second-order valence-corrected chi connectivity index (χ2v) is 7.28. The van der Waals surface area contributed by atoms with E-state index in [-0.39, 0.29) is 11.9 Å². The first-order valence-electron chi connectivity index (χ1n) is 8.38. The molecule has 1 aromatic heterocycles. The van der Waals surface area contributed by atoms with Crippen LogP contribution >= 0.6 is 11.3 Å². The van der Waals surface area contributed by atoms with E-state index >= 15 is 0 Å². The Kier molecular flexibility index (Phi) is 4.38. The van der Waals surface area contributed by atoms with E-state index in [0.29, 0.717) is 28.1 Å². The summed E-state index contributed by atoms with van der Waals surface area (Å²) in [4.78, 5) is 18.9. The van der Waals surface area contributed by atoms with Crippen LogP contribution in [0.1, 0.15) is 28.9 Å². The first kappa shape index (κ1) is 16.1. The Balaban J connectivity index is 1.38. The van der Waals surface area contributed by atoms with E-state index in [1.54, 1.807) is 29.6 Å². The fourth-order valence-corrected chi connectivity index (χ4v) is 4.12. The first-order chi connectivity index (χ1) is 12.2. The van der Waals surface area contributed by atoms with E-state index in [1.165, 1.54) is 24.2 Å². The van der Waals surface area contributed by atoms with Gasteiger partial charge in [-0.3, -0.25) is 4.79 Å². The Morgan fingerprint density at radius 3 is 2.68 bits per heavy atom. The van der Waals surface area contributed by atoms with Gasteiger partial charge in [0.25, 0.3) is 11.1 Å². The van der Waals surface area contributed by atoms with Gasteiger partial charge in [-0.1, -0.05) is 11.3 Å². The van der Waals surface area contributed by atoms with Gasteiger partial charge in [0.2, 0.25) is 0 Å². The van der Waals surface area contributed by atoms with Crippen molar-refractivity contribution in [2.24, 2.45) is 5.92 Å². The van der Waals surface area contributed by atoms with Crippen LogP contribution < -0.4 is 10.1 Å². The Labute approximate surface area is 150 Å². The van der Waals surface area contributed by atoms with E-state index in [9.17, 15) is 4.79 Å². The number of nitrogens with one attached hydrogen (secondary N) is 1. The van der Waals surface area contributed by atoms with Crippen LogP contribution in [-0.2, 0) is 0 Å². The second kappa shape index (κ2) is 6.82. The summed E-state index contributed by atoms with van der Waals surface area (Å²) in [5, 5.41) is 14.0. The molecule has 0 radical (unpaired) electrons. The van der Waals surface area contributed by atoms with Crippen LogP contribution in [0.2, 0.25) is 0 Å². The van der Waals surface area contributed by atoms with Crippen molar-refractivity contribution in [3.05, 3.63) is 40.9 Å². The lowest BCUT2D eigenvalue weighted by molar-refractivity contribution is 0.0620. The number of nitrogens with zero attached hydrogens (tertiary/aromatic N) is 3. The van der Waals surface area contributed by atoms with Gasteiger partial charge in [-0.2, -0.15) is 10.2 Å². The largest absolute Gasteiger partial charge is 0.431 e. The van der Waals surface area contributed by atoms with Crippen molar-refractivity contribution in [1.29, 1.82) is 5.26 Å². The number of carbonyl (C=O) groups excluding carboxylic acids is 1. The van der Waals surface area contributed by atoms with Gasteiger partial charge in [-0.05, 0) is 56.1 Å². The summed E-state index contributed by atoms with van der Waals surface area (Å²) < 4.78 is 5.60. The lowest BCUT2D eigenvalue weighted by Gasteiger charge is -2.44. The molecule has 25 heavy (non-hydrogen) atoms. The molecule has 3 fully saturated rings. The van der Waals surface area contributed by atoms with Crippen LogP contribution in [0, 0.1) is 17.2 Å². The van der Waals surface area contributed by atoms with Gasteiger partial charge in [-0.15, -0.1) is 0 Å². The molecule has 128 valence electrons. The van der Waals surface area contributed by atoms with Crippen molar-refractivity contribution in [3.8, 4) is 17.0 Å². The summed E-state index contributed by atoms with van der Waals surface area (Å²) in [6, 6.07) is 9.23.